The van der Waals surface area contributed by atoms with Gasteiger partial charge in [-0.2, -0.15) is 5.10 Å². The summed E-state index contributed by atoms with van der Waals surface area (Å²) in [6.07, 6.45) is 0. The zero-order chi connectivity index (χ0) is 12.6. The lowest BCUT2D eigenvalue weighted by Gasteiger charge is -2.07. The Morgan fingerprint density at radius 2 is 1.76 bits per heavy atom. The van der Waals surface area contributed by atoms with Crippen molar-refractivity contribution in [3.63, 3.8) is 0 Å². The van der Waals surface area contributed by atoms with Crippen LogP contribution in [0.2, 0.25) is 0 Å². The second-order valence-corrected chi connectivity index (χ2v) is 4.21. The molecule has 0 saturated heterocycles. The molecule has 1 aromatic carbocycles. The number of hydrogen-bond donors (Lipinski definition) is 2. The molecule has 5 heteroatoms. The highest BCUT2D eigenvalue weighted by atomic mass is 19.1. The third-order valence-corrected chi connectivity index (χ3v) is 2.55. The van der Waals surface area contributed by atoms with Gasteiger partial charge in [0.2, 0.25) is 0 Å². The van der Waals surface area contributed by atoms with Crippen molar-refractivity contribution in [2.24, 2.45) is 0 Å². The van der Waals surface area contributed by atoms with Crippen LogP contribution in [0.15, 0.2) is 18.2 Å². The van der Waals surface area contributed by atoms with Gasteiger partial charge in [-0.25, -0.2) is 8.78 Å². The number of rotatable bonds is 2. The molecule has 1 aromatic heterocycles. The number of H-pyrrole nitrogens is 1. The number of aromatic amines is 1. The van der Waals surface area contributed by atoms with Gasteiger partial charge in [-0.05, 0) is 23.6 Å². The van der Waals surface area contributed by atoms with Crippen molar-refractivity contribution in [1.82, 2.24) is 10.2 Å². The number of hydrogen-bond acceptors (Lipinski definition) is 2. The lowest BCUT2D eigenvalue weighted by atomic mass is 9.99. The Morgan fingerprint density at radius 1 is 1.18 bits per heavy atom. The molecule has 1 heterocycles. The van der Waals surface area contributed by atoms with E-state index in [2.05, 4.69) is 10.2 Å². The topological polar surface area (TPSA) is 54.7 Å². The highest BCUT2D eigenvalue weighted by molar-refractivity contribution is 5.76. The van der Waals surface area contributed by atoms with Crippen molar-refractivity contribution in [2.45, 2.75) is 19.8 Å². The average molecular weight is 237 g/mol. The Labute approximate surface area is 97.7 Å². The van der Waals surface area contributed by atoms with Crippen LogP contribution < -0.4 is 5.73 Å². The standard InChI is InChI=1S/C12H13F2N3/c1-6(2)11-10(12(15)17-16-11)7-3-8(13)5-9(14)4-7/h3-6H,1-2H3,(H3,15,16,17). The lowest BCUT2D eigenvalue weighted by molar-refractivity contribution is 0.584. The van der Waals surface area contributed by atoms with Crippen LogP contribution in [0.5, 0.6) is 0 Å². The number of nitrogens with one attached hydrogen (secondary N) is 1. The van der Waals surface area contributed by atoms with Crippen molar-refractivity contribution in [1.29, 1.82) is 0 Å². The fraction of sp³-hybridized carbons (Fsp3) is 0.250. The number of benzene rings is 1. The quantitative estimate of drug-likeness (QED) is 0.843. The third kappa shape index (κ3) is 2.13. The van der Waals surface area contributed by atoms with Crippen LogP contribution in [0.4, 0.5) is 14.6 Å². The van der Waals surface area contributed by atoms with E-state index >= 15 is 0 Å². The molecular weight excluding hydrogens is 224 g/mol. The van der Waals surface area contributed by atoms with Gasteiger partial charge in [-0.3, -0.25) is 5.10 Å². The molecule has 0 radical (unpaired) electrons. The van der Waals surface area contributed by atoms with Crippen LogP contribution in [0.25, 0.3) is 11.1 Å². The Balaban J connectivity index is 2.63. The van der Waals surface area contributed by atoms with Gasteiger partial charge in [0.05, 0.1) is 0 Å². The zero-order valence-corrected chi connectivity index (χ0v) is 9.59. The molecule has 0 spiro atoms. The highest BCUT2D eigenvalue weighted by Crippen LogP contribution is 2.32. The normalized spacial score (nSPS) is 11.1. The molecule has 2 rings (SSSR count). The summed E-state index contributed by atoms with van der Waals surface area (Å²) in [6, 6.07) is 3.32. The molecule has 0 unspecified atom stereocenters. The maximum Gasteiger partial charge on any atom is 0.153 e. The SMILES string of the molecule is CC(C)c1[nH]nc(N)c1-c1cc(F)cc(F)c1. The van der Waals surface area contributed by atoms with E-state index in [4.69, 9.17) is 5.73 Å². The van der Waals surface area contributed by atoms with E-state index in [1.54, 1.807) is 0 Å². The van der Waals surface area contributed by atoms with Gasteiger partial charge in [0.15, 0.2) is 5.82 Å². The van der Waals surface area contributed by atoms with Gasteiger partial charge >= 0.3 is 0 Å². The molecule has 0 aliphatic rings. The zero-order valence-electron chi connectivity index (χ0n) is 9.59. The molecule has 17 heavy (non-hydrogen) atoms. The third-order valence-electron chi connectivity index (χ3n) is 2.55. The number of aromatic nitrogens is 2. The summed E-state index contributed by atoms with van der Waals surface area (Å²) >= 11 is 0. The van der Waals surface area contributed by atoms with E-state index in [-0.39, 0.29) is 11.7 Å². The first-order valence-electron chi connectivity index (χ1n) is 5.29. The molecule has 90 valence electrons. The minimum absolute atomic E-state index is 0.140. The summed E-state index contributed by atoms with van der Waals surface area (Å²) in [7, 11) is 0. The van der Waals surface area contributed by atoms with Gasteiger partial charge in [0.25, 0.3) is 0 Å². The van der Waals surface area contributed by atoms with Crippen molar-refractivity contribution in [3.05, 3.63) is 35.5 Å². The molecule has 0 atom stereocenters. The van der Waals surface area contributed by atoms with Crippen LogP contribution in [-0.4, -0.2) is 10.2 Å². The summed E-state index contributed by atoms with van der Waals surface area (Å²) in [5.74, 6) is -0.870. The average Bonchev–Trinajstić information content (AvgIpc) is 2.58. The van der Waals surface area contributed by atoms with Gasteiger partial charge in [-0.15, -0.1) is 0 Å². The fourth-order valence-corrected chi connectivity index (χ4v) is 1.79. The molecule has 0 bridgehead atoms. The Hall–Kier alpha value is -1.91. The predicted octanol–water partition coefficient (Wildman–Crippen LogP) is 3.06. The molecule has 0 saturated carbocycles. The fourth-order valence-electron chi connectivity index (χ4n) is 1.79. The molecular formula is C12H13F2N3. The molecule has 2 aromatic rings. The van der Waals surface area contributed by atoms with E-state index in [0.717, 1.165) is 11.8 Å². The summed E-state index contributed by atoms with van der Waals surface area (Å²) < 4.78 is 26.3. The van der Waals surface area contributed by atoms with E-state index in [9.17, 15) is 8.78 Å². The first-order chi connectivity index (χ1) is 7.99. The molecule has 0 amide bonds. The summed E-state index contributed by atoms with van der Waals surface area (Å²) in [5, 5.41) is 6.67. The van der Waals surface area contributed by atoms with Gasteiger partial charge < -0.3 is 5.73 Å². The first kappa shape index (κ1) is 11.6. The number of nitrogen functional groups attached to an aromatic ring is 1. The first-order valence-corrected chi connectivity index (χ1v) is 5.29. The van der Waals surface area contributed by atoms with Gasteiger partial charge in [-0.1, -0.05) is 13.8 Å². The molecule has 0 fully saturated rings. The van der Waals surface area contributed by atoms with Crippen LogP contribution >= 0.6 is 0 Å². The van der Waals surface area contributed by atoms with Crippen LogP contribution in [0.3, 0.4) is 0 Å². The maximum absolute atomic E-state index is 13.2. The summed E-state index contributed by atoms with van der Waals surface area (Å²) in [4.78, 5) is 0. The molecule has 3 nitrogen and oxygen atoms in total. The molecule has 0 aliphatic carbocycles. The largest absolute Gasteiger partial charge is 0.382 e. The summed E-state index contributed by atoms with van der Waals surface area (Å²) in [6.45, 7) is 3.90. The summed E-state index contributed by atoms with van der Waals surface area (Å²) in [5.41, 5.74) is 7.46. The predicted molar refractivity (Wildman–Crippen MR) is 62.4 cm³/mol. The minimum Gasteiger partial charge on any atom is -0.382 e. The van der Waals surface area contributed by atoms with E-state index in [0.29, 0.717) is 11.1 Å². The Morgan fingerprint density at radius 3 is 2.29 bits per heavy atom. The number of anilines is 1. The highest BCUT2D eigenvalue weighted by Gasteiger charge is 2.16. The van der Waals surface area contributed by atoms with Crippen molar-refractivity contribution >= 4 is 5.82 Å². The van der Waals surface area contributed by atoms with Gasteiger partial charge in [0, 0.05) is 17.3 Å². The van der Waals surface area contributed by atoms with Crippen LogP contribution in [-0.2, 0) is 0 Å². The Bertz CT molecular complexity index is 526. The smallest absolute Gasteiger partial charge is 0.153 e. The van der Waals surface area contributed by atoms with Crippen molar-refractivity contribution in [3.8, 4) is 11.1 Å². The molecule has 0 aliphatic heterocycles. The Kier molecular flexibility index (Phi) is 2.83. The number of nitrogens with zero attached hydrogens (tertiary/aromatic N) is 1. The lowest BCUT2D eigenvalue weighted by Crippen LogP contribution is -1.94. The van der Waals surface area contributed by atoms with Crippen molar-refractivity contribution in [2.75, 3.05) is 5.73 Å². The number of nitrogens with two attached hydrogens (primary N) is 1. The second kappa shape index (κ2) is 4.16. The second-order valence-electron chi connectivity index (χ2n) is 4.21. The van der Waals surface area contributed by atoms with E-state index in [1.807, 2.05) is 13.8 Å². The molecule has 3 N–H and O–H groups in total. The monoisotopic (exact) mass is 237 g/mol. The van der Waals surface area contributed by atoms with E-state index < -0.39 is 11.6 Å². The van der Waals surface area contributed by atoms with Crippen LogP contribution in [0, 0.1) is 11.6 Å². The van der Waals surface area contributed by atoms with Gasteiger partial charge in [0.1, 0.15) is 11.6 Å². The minimum atomic E-state index is -0.629. The van der Waals surface area contributed by atoms with Crippen LogP contribution in [0.1, 0.15) is 25.5 Å². The van der Waals surface area contributed by atoms with E-state index in [1.165, 1.54) is 12.1 Å². The van der Waals surface area contributed by atoms with Crippen molar-refractivity contribution < 1.29 is 8.78 Å². The maximum atomic E-state index is 13.2. The number of halogens is 2.